The zero-order valence-corrected chi connectivity index (χ0v) is 10.9. The molecule has 7 heteroatoms. The smallest absolute Gasteiger partial charge is 0.273 e. The van der Waals surface area contributed by atoms with Crippen LogP contribution >= 0.6 is 11.3 Å². The van der Waals surface area contributed by atoms with E-state index in [-0.39, 0.29) is 5.91 Å². The van der Waals surface area contributed by atoms with Crippen LogP contribution in [0.25, 0.3) is 0 Å². The van der Waals surface area contributed by atoms with E-state index in [2.05, 4.69) is 15.6 Å². The van der Waals surface area contributed by atoms with Crippen molar-refractivity contribution in [1.82, 2.24) is 20.3 Å². The molecule has 2 aromatic rings. The second-order valence-corrected chi connectivity index (χ2v) is 4.87. The number of carbonyl (C=O) groups is 1. The molecule has 2 rings (SSSR count). The van der Waals surface area contributed by atoms with Crippen LogP contribution in [0.1, 0.15) is 20.9 Å². The van der Waals surface area contributed by atoms with Gasteiger partial charge in [0.05, 0.1) is 19.3 Å². The summed E-state index contributed by atoms with van der Waals surface area (Å²) in [5, 5.41) is 12.5. The standard InChI is InChI=1S/C11H15N5OS/c1-8-2-5-18-10(8)6-13-11(17)9-7-16(4-3-12)15-14-9/h2,5,7H,3-4,6,12H2,1H3,(H,13,17). The summed E-state index contributed by atoms with van der Waals surface area (Å²) >= 11 is 1.63. The van der Waals surface area contributed by atoms with Crippen molar-refractivity contribution in [3.63, 3.8) is 0 Å². The highest BCUT2D eigenvalue weighted by molar-refractivity contribution is 7.10. The lowest BCUT2D eigenvalue weighted by Gasteiger charge is -2.01. The molecule has 0 unspecified atom stereocenters. The number of hydrogen-bond acceptors (Lipinski definition) is 5. The summed E-state index contributed by atoms with van der Waals surface area (Å²) in [6, 6.07) is 2.03. The molecule has 0 aliphatic carbocycles. The monoisotopic (exact) mass is 265 g/mol. The van der Waals surface area contributed by atoms with Crippen LogP contribution in [0.5, 0.6) is 0 Å². The van der Waals surface area contributed by atoms with Crippen molar-refractivity contribution in [3.8, 4) is 0 Å². The SMILES string of the molecule is Cc1ccsc1CNC(=O)c1cn(CCN)nn1. The molecule has 0 bridgehead atoms. The van der Waals surface area contributed by atoms with Crippen molar-refractivity contribution >= 4 is 17.2 Å². The number of carbonyl (C=O) groups excluding carboxylic acids is 1. The highest BCUT2D eigenvalue weighted by atomic mass is 32.1. The molecule has 0 aliphatic rings. The van der Waals surface area contributed by atoms with Crippen LogP contribution in [0.4, 0.5) is 0 Å². The number of nitrogens with two attached hydrogens (primary N) is 1. The zero-order chi connectivity index (χ0) is 13.0. The Morgan fingerprint density at radius 1 is 1.61 bits per heavy atom. The van der Waals surface area contributed by atoms with E-state index in [1.807, 2.05) is 18.4 Å². The summed E-state index contributed by atoms with van der Waals surface area (Å²) in [5.74, 6) is -0.217. The van der Waals surface area contributed by atoms with E-state index < -0.39 is 0 Å². The largest absolute Gasteiger partial charge is 0.346 e. The van der Waals surface area contributed by atoms with E-state index in [4.69, 9.17) is 5.73 Å². The van der Waals surface area contributed by atoms with Gasteiger partial charge in [-0.2, -0.15) is 0 Å². The molecule has 0 aromatic carbocycles. The van der Waals surface area contributed by atoms with Crippen molar-refractivity contribution in [2.45, 2.75) is 20.0 Å². The quantitative estimate of drug-likeness (QED) is 0.826. The van der Waals surface area contributed by atoms with E-state index in [0.29, 0.717) is 25.3 Å². The van der Waals surface area contributed by atoms with E-state index in [1.54, 1.807) is 22.2 Å². The summed E-state index contributed by atoms with van der Waals surface area (Å²) in [5.41, 5.74) is 6.90. The van der Waals surface area contributed by atoms with Gasteiger partial charge in [-0.1, -0.05) is 5.21 Å². The molecule has 2 heterocycles. The number of thiophene rings is 1. The van der Waals surface area contributed by atoms with Crippen LogP contribution < -0.4 is 11.1 Å². The summed E-state index contributed by atoms with van der Waals surface area (Å²) in [7, 11) is 0. The minimum Gasteiger partial charge on any atom is -0.346 e. The van der Waals surface area contributed by atoms with Gasteiger partial charge in [-0.25, -0.2) is 0 Å². The molecular weight excluding hydrogens is 250 g/mol. The molecule has 18 heavy (non-hydrogen) atoms. The number of aryl methyl sites for hydroxylation is 1. The van der Waals surface area contributed by atoms with Gasteiger partial charge >= 0.3 is 0 Å². The van der Waals surface area contributed by atoms with Crippen molar-refractivity contribution in [2.75, 3.05) is 6.54 Å². The van der Waals surface area contributed by atoms with Gasteiger partial charge < -0.3 is 11.1 Å². The Bertz CT molecular complexity index is 533. The highest BCUT2D eigenvalue weighted by Crippen LogP contribution is 2.14. The summed E-state index contributed by atoms with van der Waals surface area (Å²) in [6.07, 6.45) is 1.60. The third-order valence-electron chi connectivity index (χ3n) is 2.51. The molecule has 1 amide bonds. The molecule has 2 aromatic heterocycles. The van der Waals surface area contributed by atoms with Gasteiger partial charge in [0.25, 0.3) is 5.91 Å². The van der Waals surface area contributed by atoms with Crippen molar-refractivity contribution in [3.05, 3.63) is 33.8 Å². The van der Waals surface area contributed by atoms with Crippen LogP contribution in [0, 0.1) is 6.92 Å². The maximum Gasteiger partial charge on any atom is 0.273 e. The van der Waals surface area contributed by atoms with E-state index in [1.165, 1.54) is 5.56 Å². The third-order valence-corrected chi connectivity index (χ3v) is 3.53. The minimum atomic E-state index is -0.217. The van der Waals surface area contributed by atoms with Crippen LogP contribution in [0.2, 0.25) is 0 Å². The van der Waals surface area contributed by atoms with Gasteiger partial charge in [0.2, 0.25) is 0 Å². The Morgan fingerprint density at radius 2 is 2.44 bits per heavy atom. The molecule has 3 N–H and O–H groups in total. The first-order valence-corrected chi connectivity index (χ1v) is 6.50. The van der Waals surface area contributed by atoms with Gasteiger partial charge in [-0.3, -0.25) is 9.48 Å². The maximum atomic E-state index is 11.8. The van der Waals surface area contributed by atoms with E-state index in [0.717, 1.165) is 4.88 Å². The average Bonchev–Trinajstić information content (AvgIpc) is 2.96. The van der Waals surface area contributed by atoms with Crippen molar-refractivity contribution in [2.24, 2.45) is 5.73 Å². The lowest BCUT2D eigenvalue weighted by molar-refractivity contribution is 0.0946. The molecule has 0 aliphatic heterocycles. The number of rotatable bonds is 5. The van der Waals surface area contributed by atoms with Crippen LogP contribution in [0.15, 0.2) is 17.6 Å². The maximum absolute atomic E-state index is 11.8. The molecule has 0 spiro atoms. The predicted octanol–water partition coefficient (Wildman–Crippen LogP) is 0.537. The molecular formula is C11H15N5OS. The molecule has 96 valence electrons. The second-order valence-electron chi connectivity index (χ2n) is 3.86. The van der Waals surface area contributed by atoms with Gasteiger partial charge in [0, 0.05) is 11.4 Å². The van der Waals surface area contributed by atoms with Crippen LogP contribution in [0.3, 0.4) is 0 Å². The van der Waals surface area contributed by atoms with Gasteiger partial charge in [0.1, 0.15) is 0 Å². The van der Waals surface area contributed by atoms with Crippen molar-refractivity contribution < 1.29 is 4.79 Å². The van der Waals surface area contributed by atoms with Crippen LogP contribution in [-0.4, -0.2) is 27.4 Å². The Balaban J connectivity index is 1.93. The van der Waals surface area contributed by atoms with Crippen molar-refractivity contribution in [1.29, 1.82) is 0 Å². The molecule has 6 nitrogen and oxygen atoms in total. The topological polar surface area (TPSA) is 85.8 Å². The van der Waals surface area contributed by atoms with Gasteiger partial charge in [-0.15, -0.1) is 16.4 Å². The number of aromatic nitrogens is 3. The third kappa shape index (κ3) is 2.93. The summed E-state index contributed by atoms with van der Waals surface area (Å²) in [6.45, 7) is 3.57. The lowest BCUT2D eigenvalue weighted by atomic mass is 10.3. The fourth-order valence-corrected chi connectivity index (χ4v) is 2.33. The first kappa shape index (κ1) is 12.7. The number of amides is 1. The number of nitrogens with zero attached hydrogens (tertiary/aromatic N) is 3. The number of hydrogen-bond donors (Lipinski definition) is 2. The lowest BCUT2D eigenvalue weighted by Crippen LogP contribution is -2.23. The fraction of sp³-hybridized carbons (Fsp3) is 0.364. The van der Waals surface area contributed by atoms with Gasteiger partial charge in [-0.05, 0) is 23.9 Å². The Morgan fingerprint density at radius 3 is 3.11 bits per heavy atom. The summed E-state index contributed by atoms with van der Waals surface area (Å²) in [4.78, 5) is 13.0. The minimum absolute atomic E-state index is 0.217. The van der Waals surface area contributed by atoms with Crippen LogP contribution in [-0.2, 0) is 13.1 Å². The second kappa shape index (κ2) is 5.74. The Labute approximate surface area is 109 Å². The number of nitrogens with one attached hydrogen (secondary N) is 1. The zero-order valence-electron chi connectivity index (χ0n) is 10.1. The Kier molecular flexibility index (Phi) is 4.06. The first-order valence-electron chi connectivity index (χ1n) is 5.62. The van der Waals surface area contributed by atoms with E-state index in [9.17, 15) is 4.79 Å². The molecule has 0 radical (unpaired) electrons. The predicted molar refractivity (Wildman–Crippen MR) is 69.3 cm³/mol. The Hall–Kier alpha value is -1.73. The van der Waals surface area contributed by atoms with E-state index >= 15 is 0 Å². The molecule has 0 saturated heterocycles. The van der Waals surface area contributed by atoms with Gasteiger partial charge in [0.15, 0.2) is 5.69 Å². The molecule has 0 saturated carbocycles. The molecule has 0 atom stereocenters. The highest BCUT2D eigenvalue weighted by Gasteiger charge is 2.10. The molecule has 0 fully saturated rings. The average molecular weight is 265 g/mol. The fourth-order valence-electron chi connectivity index (χ4n) is 1.48. The normalized spacial score (nSPS) is 10.6. The summed E-state index contributed by atoms with van der Waals surface area (Å²) < 4.78 is 1.56. The first-order chi connectivity index (χ1) is 8.70.